The number of carbonyl (C=O) groups is 2. The van der Waals surface area contributed by atoms with E-state index in [1.54, 1.807) is 0 Å². The Morgan fingerprint density at radius 3 is 2.35 bits per heavy atom. The maximum absolute atomic E-state index is 12.0. The third-order valence-corrected chi connectivity index (χ3v) is 4.13. The number of likely N-dealkylation sites (tertiary alicyclic amines) is 1. The predicted molar refractivity (Wildman–Crippen MR) is 63.4 cm³/mol. The van der Waals surface area contributed by atoms with Crippen molar-refractivity contribution in [2.45, 2.75) is 39.0 Å². The SMILES string of the molecule is CC(CC(=O)O)CC(=O)N1CC2CCCC2C1. The van der Waals surface area contributed by atoms with Gasteiger partial charge in [0, 0.05) is 25.9 Å². The highest BCUT2D eigenvalue weighted by Crippen LogP contribution is 2.38. The quantitative estimate of drug-likeness (QED) is 0.813. The number of carbonyl (C=O) groups excluding carboxylic acids is 1. The van der Waals surface area contributed by atoms with Gasteiger partial charge in [-0.2, -0.15) is 0 Å². The summed E-state index contributed by atoms with van der Waals surface area (Å²) in [7, 11) is 0. The van der Waals surface area contributed by atoms with Gasteiger partial charge in [-0.05, 0) is 30.6 Å². The second kappa shape index (κ2) is 5.07. The van der Waals surface area contributed by atoms with Crippen LogP contribution in [0.15, 0.2) is 0 Å². The molecule has 0 spiro atoms. The lowest BCUT2D eigenvalue weighted by Crippen LogP contribution is -2.30. The second-order valence-electron chi connectivity index (χ2n) is 5.66. The fraction of sp³-hybridized carbons (Fsp3) is 0.846. The van der Waals surface area contributed by atoms with Crippen LogP contribution >= 0.6 is 0 Å². The van der Waals surface area contributed by atoms with Gasteiger partial charge in [-0.15, -0.1) is 0 Å². The number of aliphatic carboxylic acids is 1. The monoisotopic (exact) mass is 239 g/mol. The molecule has 1 saturated heterocycles. The average molecular weight is 239 g/mol. The first-order valence-corrected chi connectivity index (χ1v) is 6.56. The molecule has 3 atom stereocenters. The molecule has 1 aliphatic carbocycles. The number of nitrogens with zero attached hydrogens (tertiary/aromatic N) is 1. The van der Waals surface area contributed by atoms with Crippen LogP contribution in [-0.2, 0) is 9.59 Å². The molecule has 2 rings (SSSR count). The maximum atomic E-state index is 12.0. The summed E-state index contributed by atoms with van der Waals surface area (Å²) in [5, 5.41) is 8.67. The topological polar surface area (TPSA) is 57.6 Å². The van der Waals surface area contributed by atoms with Gasteiger partial charge in [0.1, 0.15) is 0 Å². The van der Waals surface area contributed by atoms with Gasteiger partial charge in [0.25, 0.3) is 0 Å². The van der Waals surface area contributed by atoms with E-state index in [0.29, 0.717) is 18.3 Å². The number of fused-ring (bicyclic) bond motifs is 1. The van der Waals surface area contributed by atoms with E-state index >= 15 is 0 Å². The highest BCUT2D eigenvalue weighted by atomic mass is 16.4. The summed E-state index contributed by atoms with van der Waals surface area (Å²) >= 11 is 0. The number of hydrogen-bond acceptors (Lipinski definition) is 2. The average Bonchev–Trinajstić information content (AvgIpc) is 2.73. The van der Waals surface area contributed by atoms with Crippen LogP contribution in [0.5, 0.6) is 0 Å². The van der Waals surface area contributed by atoms with Gasteiger partial charge in [0.2, 0.25) is 5.91 Å². The van der Waals surface area contributed by atoms with E-state index in [1.165, 1.54) is 19.3 Å². The molecule has 0 aromatic rings. The molecule has 2 aliphatic rings. The van der Waals surface area contributed by atoms with Gasteiger partial charge in [0.15, 0.2) is 0 Å². The van der Waals surface area contributed by atoms with Crippen LogP contribution in [-0.4, -0.2) is 35.0 Å². The van der Waals surface area contributed by atoms with Crippen molar-refractivity contribution in [2.75, 3.05) is 13.1 Å². The Bertz CT molecular complexity index is 304. The van der Waals surface area contributed by atoms with Crippen LogP contribution in [0, 0.1) is 17.8 Å². The predicted octanol–water partition coefficient (Wildman–Crippen LogP) is 1.75. The van der Waals surface area contributed by atoms with Crippen molar-refractivity contribution in [3.63, 3.8) is 0 Å². The van der Waals surface area contributed by atoms with Crippen molar-refractivity contribution in [3.05, 3.63) is 0 Å². The Hall–Kier alpha value is -1.06. The van der Waals surface area contributed by atoms with Gasteiger partial charge < -0.3 is 10.0 Å². The van der Waals surface area contributed by atoms with Crippen molar-refractivity contribution >= 4 is 11.9 Å². The zero-order valence-corrected chi connectivity index (χ0v) is 10.4. The molecule has 4 nitrogen and oxygen atoms in total. The third-order valence-electron chi connectivity index (χ3n) is 4.13. The maximum Gasteiger partial charge on any atom is 0.303 e. The minimum atomic E-state index is -0.816. The lowest BCUT2D eigenvalue weighted by molar-refractivity contribution is -0.138. The van der Waals surface area contributed by atoms with E-state index in [-0.39, 0.29) is 18.2 Å². The Morgan fingerprint density at radius 1 is 1.24 bits per heavy atom. The molecule has 0 bridgehead atoms. The Morgan fingerprint density at radius 2 is 1.82 bits per heavy atom. The molecule has 0 aromatic carbocycles. The van der Waals surface area contributed by atoms with Crippen LogP contribution in [0.25, 0.3) is 0 Å². The smallest absolute Gasteiger partial charge is 0.303 e. The minimum Gasteiger partial charge on any atom is -0.481 e. The number of carboxylic acid groups (broad SMARTS) is 1. The van der Waals surface area contributed by atoms with E-state index in [1.807, 2.05) is 11.8 Å². The fourth-order valence-electron chi connectivity index (χ4n) is 3.24. The minimum absolute atomic E-state index is 0.0551. The van der Waals surface area contributed by atoms with Crippen LogP contribution in [0.3, 0.4) is 0 Å². The first-order chi connectivity index (χ1) is 8.06. The van der Waals surface area contributed by atoms with E-state index < -0.39 is 5.97 Å². The Balaban J connectivity index is 1.79. The van der Waals surface area contributed by atoms with Crippen LogP contribution in [0.1, 0.15) is 39.0 Å². The molecule has 4 heteroatoms. The molecule has 2 fully saturated rings. The standard InChI is InChI=1S/C13H21NO3/c1-9(6-13(16)17)5-12(15)14-7-10-3-2-4-11(10)8-14/h9-11H,2-8H2,1H3,(H,16,17). The van der Waals surface area contributed by atoms with Crippen molar-refractivity contribution in [1.82, 2.24) is 4.90 Å². The van der Waals surface area contributed by atoms with E-state index in [9.17, 15) is 9.59 Å². The summed E-state index contributed by atoms with van der Waals surface area (Å²) < 4.78 is 0. The lowest BCUT2D eigenvalue weighted by atomic mass is 10.0. The van der Waals surface area contributed by atoms with Crippen molar-refractivity contribution in [2.24, 2.45) is 17.8 Å². The molecule has 1 amide bonds. The molecule has 0 radical (unpaired) electrons. The summed E-state index contributed by atoms with van der Waals surface area (Å²) in [6.45, 7) is 3.65. The molecule has 96 valence electrons. The number of amides is 1. The molecule has 3 unspecified atom stereocenters. The van der Waals surface area contributed by atoms with Gasteiger partial charge >= 0.3 is 5.97 Å². The lowest BCUT2D eigenvalue weighted by Gasteiger charge is -2.19. The Kier molecular flexibility index (Phi) is 3.69. The van der Waals surface area contributed by atoms with Crippen LogP contribution in [0.2, 0.25) is 0 Å². The largest absolute Gasteiger partial charge is 0.481 e. The van der Waals surface area contributed by atoms with Crippen LogP contribution < -0.4 is 0 Å². The first kappa shape index (κ1) is 12.4. The summed E-state index contributed by atoms with van der Waals surface area (Å²) in [6, 6.07) is 0. The zero-order chi connectivity index (χ0) is 12.4. The highest BCUT2D eigenvalue weighted by Gasteiger charge is 2.37. The third kappa shape index (κ3) is 2.99. The van der Waals surface area contributed by atoms with Crippen molar-refractivity contribution in [3.8, 4) is 0 Å². The first-order valence-electron chi connectivity index (χ1n) is 6.56. The van der Waals surface area contributed by atoms with E-state index in [0.717, 1.165) is 13.1 Å². The second-order valence-corrected chi connectivity index (χ2v) is 5.66. The number of rotatable bonds is 4. The summed E-state index contributed by atoms with van der Waals surface area (Å²) in [6.07, 6.45) is 4.31. The molecular weight excluding hydrogens is 218 g/mol. The van der Waals surface area contributed by atoms with Gasteiger partial charge in [-0.25, -0.2) is 0 Å². The summed E-state index contributed by atoms with van der Waals surface area (Å²) in [4.78, 5) is 24.5. The number of carboxylic acids is 1. The molecule has 1 aliphatic heterocycles. The normalized spacial score (nSPS) is 29.1. The summed E-state index contributed by atoms with van der Waals surface area (Å²) in [5.41, 5.74) is 0. The van der Waals surface area contributed by atoms with Gasteiger partial charge in [-0.3, -0.25) is 9.59 Å². The molecule has 17 heavy (non-hydrogen) atoms. The van der Waals surface area contributed by atoms with Crippen LogP contribution in [0.4, 0.5) is 0 Å². The van der Waals surface area contributed by atoms with Gasteiger partial charge in [-0.1, -0.05) is 13.3 Å². The van der Waals surface area contributed by atoms with Crippen molar-refractivity contribution < 1.29 is 14.7 Å². The van der Waals surface area contributed by atoms with E-state index in [4.69, 9.17) is 5.11 Å². The van der Waals surface area contributed by atoms with Crippen molar-refractivity contribution in [1.29, 1.82) is 0 Å². The highest BCUT2D eigenvalue weighted by molar-refractivity contribution is 5.77. The fourth-order valence-corrected chi connectivity index (χ4v) is 3.24. The molecule has 0 aromatic heterocycles. The van der Waals surface area contributed by atoms with Gasteiger partial charge in [0.05, 0.1) is 0 Å². The molecular formula is C13H21NO3. The zero-order valence-electron chi connectivity index (χ0n) is 10.4. The molecule has 1 heterocycles. The number of hydrogen-bond donors (Lipinski definition) is 1. The molecule has 1 N–H and O–H groups in total. The Labute approximate surface area is 102 Å². The molecule has 1 saturated carbocycles. The summed E-state index contributed by atoms with van der Waals surface area (Å²) in [5.74, 6) is 0.708. The van der Waals surface area contributed by atoms with E-state index in [2.05, 4.69) is 0 Å².